The minimum absolute atomic E-state index is 0.136. The molecular weight excluding hydrogens is 280 g/mol. The molecular formula is C14H13ClN2O3. The van der Waals surface area contributed by atoms with Crippen LogP contribution in [0.25, 0.3) is 11.3 Å². The van der Waals surface area contributed by atoms with Crippen molar-refractivity contribution in [2.45, 2.75) is 6.92 Å². The van der Waals surface area contributed by atoms with E-state index in [1.54, 1.807) is 39.3 Å². The predicted molar refractivity (Wildman–Crippen MR) is 75.7 cm³/mol. The van der Waals surface area contributed by atoms with Gasteiger partial charge in [-0.1, -0.05) is 11.6 Å². The molecule has 6 heteroatoms. The first-order chi connectivity index (χ1) is 9.60. The highest BCUT2D eigenvalue weighted by molar-refractivity contribution is 6.32. The molecule has 0 spiro atoms. The van der Waals surface area contributed by atoms with Gasteiger partial charge in [0.05, 0.1) is 25.5 Å². The van der Waals surface area contributed by atoms with Gasteiger partial charge in [0.15, 0.2) is 17.8 Å². The first-order valence-electron chi connectivity index (χ1n) is 5.82. The van der Waals surface area contributed by atoms with Gasteiger partial charge in [0, 0.05) is 5.56 Å². The summed E-state index contributed by atoms with van der Waals surface area (Å²) in [6.07, 6.45) is 0.647. The first-order valence-corrected chi connectivity index (χ1v) is 6.20. The van der Waals surface area contributed by atoms with Crippen LogP contribution in [0, 0.1) is 6.92 Å². The molecule has 0 N–H and O–H groups in total. The van der Waals surface area contributed by atoms with E-state index in [-0.39, 0.29) is 10.7 Å². The Balaban J connectivity index is 2.65. The molecule has 2 aromatic rings. The summed E-state index contributed by atoms with van der Waals surface area (Å²) in [6.45, 7) is 1.71. The molecule has 0 unspecified atom stereocenters. The van der Waals surface area contributed by atoms with E-state index in [0.717, 1.165) is 0 Å². The maximum Gasteiger partial charge on any atom is 0.161 e. The second kappa shape index (κ2) is 5.88. The summed E-state index contributed by atoms with van der Waals surface area (Å²) in [5.41, 5.74) is 1.43. The molecule has 0 aliphatic heterocycles. The number of carbonyl (C=O) groups excluding carboxylic acids is 1. The van der Waals surface area contributed by atoms with Crippen molar-refractivity contribution in [1.82, 2.24) is 9.97 Å². The first kappa shape index (κ1) is 14.3. The number of aldehydes is 1. The normalized spacial score (nSPS) is 10.2. The zero-order valence-electron chi connectivity index (χ0n) is 11.3. The second-order valence-electron chi connectivity index (χ2n) is 4.01. The lowest BCUT2D eigenvalue weighted by Crippen LogP contribution is -2.00. The summed E-state index contributed by atoms with van der Waals surface area (Å²) in [7, 11) is 3.10. The van der Waals surface area contributed by atoms with Crippen molar-refractivity contribution in [3.63, 3.8) is 0 Å². The number of halogens is 1. The highest BCUT2D eigenvalue weighted by Crippen LogP contribution is 2.33. The largest absolute Gasteiger partial charge is 0.493 e. The quantitative estimate of drug-likeness (QED) is 0.640. The van der Waals surface area contributed by atoms with Gasteiger partial charge in [-0.05, 0) is 25.1 Å². The van der Waals surface area contributed by atoms with Crippen LogP contribution in [0.2, 0.25) is 5.15 Å². The molecule has 0 amide bonds. The third-order valence-corrected chi connectivity index (χ3v) is 3.07. The van der Waals surface area contributed by atoms with Gasteiger partial charge in [-0.2, -0.15) is 0 Å². The van der Waals surface area contributed by atoms with E-state index in [0.29, 0.717) is 34.9 Å². The summed E-state index contributed by atoms with van der Waals surface area (Å²) >= 11 is 5.98. The Morgan fingerprint density at radius 2 is 1.85 bits per heavy atom. The number of hydrogen-bond donors (Lipinski definition) is 0. The number of hydrogen-bond acceptors (Lipinski definition) is 5. The van der Waals surface area contributed by atoms with Crippen molar-refractivity contribution in [3.05, 3.63) is 34.7 Å². The molecule has 0 aliphatic carbocycles. The van der Waals surface area contributed by atoms with E-state index >= 15 is 0 Å². The topological polar surface area (TPSA) is 61.3 Å². The molecule has 1 heterocycles. The van der Waals surface area contributed by atoms with Gasteiger partial charge in [0.2, 0.25) is 0 Å². The van der Waals surface area contributed by atoms with Gasteiger partial charge in [-0.25, -0.2) is 9.97 Å². The highest BCUT2D eigenvalue weighted by atomic mass is 35.5. The summed E-state index contributed by atoms with van der Waals surface area (Å²) in [5.74, 6) is 1.64. The molecule has 104 valence electrons. The highest BCUT2D eigenvalue weighted by Gasteiger charge is 2.15. The van der Waals surface area contributed by atoms with Crippen molar-refractivity contribution in [1.29, 1.82) is 0 Å². The van der Waals surface area contributed by atoms with Crippen molar-refractivity contribution < 1.29 is 14.3 Å². The van der Waals surface area contributed by atoms with Crippen LogP contribution in [0.15, 0.2) is 18.2 Å². The molecule has 0 fully saturated rings. The van der Waals surface area contributed by atoms with Gasteiger partial charge in [-0.3, -0.25) is 4.79 Å². The maximum atomic E-state index is 11.2. The monoisotopic (exact) mass is 292 g/mol. The Hall–Kier alpha value is -2.14. The summed E-state index contributed by atoms with van der Waals surface area (Å²) in [4.78, 5) is 19.4. The van der Waals surface area contributed by atoms with Crippen molar-refractivity contribution in [2.75, 3.05) is 14.2 Å². The fourth-order valence-corrected chi connectivity index (χ4v) is 2.11. The van der Waals surface area contributed by atoms with Crippen LogP contribution in [-0.2, 0) is 0 Å². The molecule has 5 nitrogen and oxygen atoms in total. The maximum absolute atomic E-state index is 11.2. The molecule has 0 bridgehead atoms. The Labute approximate surface area is 121 Å². The number of carbonyl (C=O) groups is 1. The summed E-state index contributed by atoms with van der Waals surface area (Å²) in [6, 6.07) is 5.27. The van der Waals surface area contributed by atoms with E-state index in [2.05, 4.69) is 9.97 Å². The second-order valence-corrected chi connectivity index (χ2v) is 4.37. The number of nitrogens with zero attached hydrogens (tertiary/aromatic N) is 2. The molecule has 20 heavy (non-hydrogen) atoms. The van der Waals surface area contributed by atoms with Crippen LogP contribution in [0.5, 0.6) is 11.5 Å². The zero-order valence-corrected chi connectivity index (χ0v) is 12.1. The lowest BCUT2D eigenvalue weighted by atomic mass is 10.1. The van der Waals surface area contributed by atoms with Crippen LogP contribution in [0.4, 0.5) is 0 Å². The van der Waals surface area contributed by atoms with E-state index in [1.807, 2.05) is 0 Å². The zero-order chi connectivity index (χ0) is 14.7. The molecule has 2 rings (SSSR count). The average molecular weight is 293 g/mol. The van der Waals surface area contributed by atoms with Gasteiger partial charge < -0.3 is 9.47 Å². The molecule has 0 atom stereocenters. The smallest absolute Gasteiger partial charge is 0.161 e. The Bertz CT molecular complexity index is 659. The molecule has 0 saturated heterocycles. The fourth-order valence-electron chi connectivity index (χ4n) is 1.86. The fraction of sp³-hybridized carbons (Fsp3) is 0.214. The number of benzene rings is 1. The van der Waals surface area contributed by atoms with Crippen LogP contribution < -0.4 is 9.47 Å². The molecule has 1 aromatic heterocycles. The minimum Gasteiger partial charge on any atom is -0.493 e. The Morgan fingerprint density at radius 3 is 2.45 bits per heavy atom. The minimum atomic E-state index is 0.136. The van der Waals surface area contributed by atoms with E-state index in [9.17, 15) is 4.79 Å². The summed E-state index contributed by atoms with van der Waals surface area (Å²) < 4.78 is 10.4. The van der Waals surface area contributed by atoms with E-state index < -0.39 is 0 Å². The third-order valence-electron chi connectivity index (χ3n) is 2.79. The lowest BCUT2D eigenvalue weighted by molar-refractivity contribution is 0.112. The van der Waals surface area contributed by atoms with Crippen molar-refractivity contribution in [3.8, 4) is 22.8 Å². The Morgan fingerprint density at radius 1 is 1.15 bits per heavy atom. The molecule has 0 saturated carbocycles. The number of aromatic nitrogens is 2. The summed E-state index contributed by atoms with van der Waals surface area (Å²) in [5, 5.41) is 0.136. The van der Waals surface area contributed by atoms with Crippen molar-refractivity contribution >= 4 is 17.9 Å². The third kappa shape index (κ3) is 2.58. The number of methoxy groups -OCH3 is 2. The van der Waals surface area contributed by atoms with Gasteiger partial charge >= 0.3 is 0 Å². The molecule has 0 radical (unpaired) electrons. The standard InChI is InChI=1S/C14H13ClN2O3/c1-8-16-13(10(7-18)14(15)17-8)9-4-5-11(19-2)12(6-9)20-3/h4-7H,1-3H3. The van der Waals surface area contributed by atoms with Gasteiger partial charge in [0.1, 0.15) is 11.0 Å². The van der Waals surface area contributed by atoms with Crippen molar-refractivity contribution in [2.24, 2.45) is 0 Å². The average Bonchev–Trinajstić information content (AvgIpc) is 2.45. The van der Waals surface area contributed by atoms with Crippen LogP contribution >= 0.6 is 11.6 Å². The SMILES string of the molecule is COc1ccc(-c2nc(C)nc(Cl)c2C=O)cc1OC. The number of ether oxygens (including phenoxy) is 2. The number of aryl methyl sites for hydroxylation is 1. The molecule has 0 aliphatic rings. The van der Waals surface area contributed by atoms with Crippen LogP contribution in [0.1, 0.15) is 16.2 Å². The van der Waals surface area contributed by atoms with Gasteiger partial charge in [0.25, 0.3) is 0 Å². The van der Waals surface area contributed by atoms with Crippen LogP contribution in [0.3, 0.4) is 0 Å². The molecule has 1 aromatic carbocycles. The predicted octanol–water partition coefficient (Wildman–Crippen LogP) is 2.94. The lowest BCUT2D eigenvalue weighted by Gasteiger charge is -2.11. The van der Waals surface area contributed by atoms with Gasteiger partial charge in [-0.15, -0.1) is 0 Å². The number of rotatable bonds is 4. The van der Waals surface area contributed by atoms with E-state index in [4.69, 9.17) is 21.1 Å². The van der Waals surface area contributed by atoms with E-state index in [1.165, 1.54) is 0 Å². The Kier molecular flexibility index (Phi) is 4.20. The van der Waals surface area contributed by atoms with Crippen LogP contribution in [-0.4, -0.2) is 30.5 Å².